The highest BCUT2D eigenvalue weighted by Crippen LogP contribution is 2.25. The average molecular weight is 328 g/mol. The summed E-state index contributed by atoms with van der Waals surface area (Å²) in [6.45, 7) is 4.38. The van der Waals surface area contributed by atoms with E-state index in [-0.39, 0.29) is 12.1 Å². The molecule has 1 atom stereocenters. The Balaban J connectivity index is 1.95. The molecule has 0 bridgehead atoms. The highest BCUT2D eigenvalue weighted by atomic mass is 16.5. The second-order valence-corrected chi connectivity index (χ2v) is 5.65. The molecule has 0 aliphatic rings. The molecule has 2 aromatic rings. The molecule has 2 amide bonds. The summed E-state index contributed by atoms with van der Waals surface area (Å²) in [5.74, 6) is 1.54. The van der Waals surface area contributed by atoms with E-state index in [1.54, 1.807) is 14.2 Å². The van der Waals surface area contributed by atoms with E-state index in [1.165, 1.54) is 0 Å². The van der Waals surface area contributed by atoms with Gasteiger partial charge in [0.1, 0.15) is 11.5 Å². The van der Waals surface area contributed by atoms with Crippen molar-refractivity contribution in [3.63, 3.8) is 0 Å². The highest BCUT2D eigenvalue weighted by Gasteiger charge is 2.14. The largest absolute Gasteiger partial charge is 0.497 e. The van der Waals surface area contributed by atoms with Crippen LogP contribution >= 0.6 is 0 Å². The summed E-state index contributed by atoms with van der Waals surface area (Å²) in [4.78, 5) is 12.1. The predicted octanol–water partition coefficient (Wildman–Crippen LogP) is 3.57. The smallest absolute Gasteiger partial charge is 0.315 e. The van der Waals surface area contributed by atoms with Gasteiger partial charge in [-0.25, -0.2) is 4.79 Å². The number of amides is 2. The third-order valence-electron chi connectivity index (χ3n) is 3.79. The molecular formula is C19H24N2O3. The zero-order valence-corrected chi connectivity index (χ0v) is 14.6. The Bertz CT molecular complexity index is 701. The van der Waals surface area contributed by atoms with Crippen molar-refractivity contribution in [3.8, 4) is 11.5 Å². The lowest BCUT2D eigenvalue weighted by Crippen LogP contribution is -2.36. The van der Waals surface area contributed by atoms with Crippen molar-refractivity contribution in [2.45, 2.75) is 26.4 Å². The van der Waals surface area contributed by atoms with Gasteiger partial charge >= 0.3 is 6.03 Å². The number of hydrogen-bond acceptors (Lipinski definition) is 3. The first-order valence-corrected chi connectivity index (χ1v) is 7.85. The molecule has 0 radical (unpaired) electrons. The van der Waals surface area contributed by atoms with Crippen molar-refractivity contribution in [2.75, 3.05) is 14.2 Å². The maximum Gasteiger partial charge on any atom is 0.315 e. The van der Waals surface area contributed by atoms with Crippen LogP contribution in [0.1, 0.15) is 29.7 Å². The zero-order chi connectivity index (χ0) is 17.5. The molecule has 2 N–H and O–H groups in total. The SMILES string of the molecule is COc1cccc(CNC(=O)NC(C)c2cc(C)ccc2OC)c1. The molecule has 0 heterocycles. The molecule has 5 nitrogen and oxygen atoms in total. The fourth-order valence-corrected chi connectivity index (χ4v) is 2.48. The van der Waals surface area contributed by atoms with Crippen LogP contribution in [-0.4, -0.2) is 20.3 Å². The number of rotatable bonds is 6. The van der Waals surface area contributed by atoms with Crippen LogP contribution in [0.3, 0.4) is 0 Å². The molecule has 128 valence electrons. The minimum Gasteiger partial charge on any atom is -0.497 e. The van der Waals surface area contributed by atoms with Crippen LogP contribution in [0.4, 0.5) is 4.79 Å². The first-order valence-electron chi connectivity index (χ1n) is 7.85. The third kappa shape index (κ3) is 4.65. The van der Waals surface area contributed by atoms with Gasteiger partial charge in [-0.05, 0) is 37.6 Å². The molecule has 2 aromatic carbocycles. The van der Waals surface area contributed by atoms with Crippen LogP contribution < -0.4 is 20.1 Å². The van der Waals surface area contributed by atoms with Crippen molar-refractivity contribution in [2.24, 2.45) is 0 Å². The first-order chi connectivity index (χ1) is 11.5. The average Bonchev–Trinajstić information content (AvgIpc) is 2.60. The number of hydrogen-bond donors (Lipinski definition) is 2. The number of carbonyl (C=O) groups excluding carboxylic acids is 1. The van der Waals surface area contributed by atoms with Gasteiger partial charge in [-0.1, -0.05) is 29.8 Å². The minimum absolute atomic E-state index is 0.162. The second kappa shape index (κ2) is 8.24. The minimum atomic E-state index is -0.228. The third-order valence-corrected chi connectivity index (χ3v) is 3.79. The van der Waals surface area contributed by atoms with Crippen molar-refractivity contribution in [1.82, 2.24) is 10.6 Å². The molecular weight excluding hydrogens is 304 g/mol. The number of methoxy groups -OCH3 is 2. The molecule has 0 aromatic heterocycles. The summed E-state index contributed by atoms with van der Waals surface area (Å²) in [7, 11) is 3.25. The van der Waals surface area contributed by atoms with Crippen molar-refractivity contribution in [3.05, 3.63) is 59.2 Å². The van der Waals surface area contributed by atoms with Gasteiger partial charge in [-0.15, -0.1) is 0 Å². The molecule has 0 aliphatic heterocycles. The predicted molar refractivity (Wildman–Crippen MR) is 94.5 cm³/mol. The summed E-state index contributed by atoms with van der Waals surface area (Å²) in [5.41, 5.74) is 3.05. The molecule has 0 saturated carbocycles. The molecule has 0 aliphatic carbocycles. The van der Waals surface area contributed by atoms with Crippen molar-refractivity contribution < 1.29 is 14.3 Å². The van der Waals surface area contributed by atoms with E-state index in [0.717, 1.165) is 28.2 Å². The maximum atomic E-state index is 12.1. The normalized spacial score (nSPS) is 11.5. The monoisotopic (exact) mass is 328 g/mol. The Morgan fingerprint density at radius 3 is 2.62 bits per heavy atom. The number of carbonyl (C=O) groups is 1. The summed E-state index contributed by atoms with van der Waals surface area (Å²) >= 11 is 0. The van der Waals surface area contributed by atoms with E-state index in [2.05, 4.69) is 10.6 Å². The molecule has 5 heteroatoms. The van der Waals surface area contributed by atoms with Crippen LogP contribution in [0.15, 0.2) is 42.5 Å². The number of aryl methyl sites for hydroxylation is 1. The lowest BCUT2D eigenvalue weighted by Gasteiger charge is -2.18. The Morgan fingerprint density at radius 2 is 1.92 bits per heavy atom. The summed E-state index contributed by atoms with van der Waals surface area (Å²) < 4.78 is 10.6. The van der Waals surface area contributed by atoms with Gasteiger partial charge in [0.2, 0.25) is 0 Å². The zero-order valence-electron chi connectivity index (χ0n) is 14.6. The van der Waals surface area contributed by atoms with Gasteiger partial charge in [0.15, 0.2) is 0 Å². The lowest BCUT2D eigenvalue weighted by atomic mass is 10.0. The van der Waals surface area contributed by atoms with Crippen LogP contribution in [0, 0.1) is 6.92 Å². The quantitative estimate of drug-likeness (QED) is 0.852. The standard InChI is InChI=1S/C19H24N2O3/c1-13-8-9-18(24-4)17(10-13)14(2)21-19(22)20-12-15-6-5-7-16(11-15)23-3/h5-11,14H,12H2,1-4H3,(H2,20,21,22). The molecule has 1 unspecified atom stereocenters. The Labute approximate surface area is 143 Å². The molecule has 0 fully saturated rings. The van der Waals surface area contributed by atoms with Crippen LogP contribution in [0.25, 0.3) is 0 Å². The first kappa shape index (κ1) is 17.7. The Morgan fingerprint density at radius 1 is 1.12 bits per heavy atom. The molecule has 2 rings (SSSR count). The summed E-state index contributed by atoms with van der Waals surface area (Å²) in [6, 6.07) is 13.1. The van der Waals surface area contributed by atoms with Gasteiger partial charge in [0.25, 0.3) is 0 Å². The fourth-order valence-electron chi connectivity index (χ4n) is 2.48. The number of ether oxygens (including phenoxy) is 2. The Hall–Kier alpha value is -2.69. The molecule has 0 spiro atoms. The van der Waals surface area contributed by atoms with Gasteiger partial charge in [0.05, 0.1) is 20.3 Å². The van der Waals surface area contributed by atoms with E-state index in [0.29, 0.717) is 6.54 Å². The Kier molecular flexibility index (Phi) is 6.07. The van der Waals surface area contributed by atoms with E-state index < -0.39 is 0 Å². The summed E-state index contributed by atoms with van der Waals surface area (Å²) in [6.07, 6.45) is 0. The highest BCUT2D eigenvalue weighted by molar-refractivity contribution is 5.74. The van der Waals surface area contributed by atoms with Crippen LogP contribution in [0.5, 0.6) is 11.5 Å². The van der Waals surface area contributed by atoms with Gasteiger partial charge in [-0.2, -0.15) is 0 Å². The number of nitrogens with one attached hydrogen (secondary N) is 2. The topological polar surface area (TPSA) is 59.6 Å². The van der Waals surface area contributed by atoms with Crippen molar-refractivity contribution in [1.29, 1.82) is 0 Å². The molecule has 0 saturated heterocycles. The van der Waals surface area contributed by atoms with E-state index in [1.807, 2.05) is 56.3 Å². The lowest BCUT2D eigenvalue weighted by molar-refractivity contribution is 0.237. The fraction of sp³-hybridized carbons (Fsp3) is 0.316. The van der Waals surface area contributed by atoms with Gasteiger partial charge < -0.3 is 20.1 Å². The maximum absolute atomic E-state index is 12.1. The summed E-state index contributed by atoms with van der Waals surface area (Å²) in [5, 5.41) is 5.79. The van der Waals surface area contributed by atoms with Crippen molar-refractivity contribution >= 4 is 6.03 Å². The second-order valence-electron chi connectivity index (χ2n) is 5.65. The van der Waals surface area contributed by atoms with Gasteiger partial charge in [0, 0.05) is 12.1 Å². The number of benzene rings is 2. The number of urea groups is 1. The van der Waals surface area contributed by atoms with E-state index in [4.69, 9.17) is 9.47 Å². The van der Waals surface area contributed by atoms with E-state index in [9.17, 15) is 4.79 Å². The van der Waals surface area contributed by atoms with Gasteiger partial charge in [-0.3, -0.25) is 0 Å². The van der Waals surface area contributed by atoms with E-state index >= 15 is 0 Å². The van der Waals surface area contributed by atoms with Crippen LogP contribution in [0.2, 0.25) is 0 Å². The molecule has 24 heavy (non-hydrogen) atoms. The van der Waals surface area contributed by atoms with Crippen LogP contribution in [-0.2, 0) is 6.54 Å².